The molecule has 0 bridgehead atoms. The fourth-order valence-electron chi connectivity index (χ4n) is 3.89. The van der Waals surface area contributed by atoms with Gasteiger partial charge in [0.1, 0.15) is 11.6 Å². The molecule has 1 amide bonds. The number of carbonyl (C=O) groups excluding carboxylic acids is 1. The van der Waals surface area contributed by atoms with Gasteiger partial charge in [0.05, 0.1) is 11.3 Å². The Morgan fingerprint density at radius 1 is 1.07 bits per heavy atom. The molecule has 0 unspecified atom stereocenters. The molecular formula is C24H22F2N2O2. The second-order valence-corrected chi connectivity index (χ2v) is 7.47. The Morgan fingerprint density at radius 2 is 1.87 bits per heavy atom. The lowest BCUT2D eigenvalue weighted by Crippen LogP contribution is -2.28. The maximum absolute atomic E-state index is 14.4. The number of nitrogens with zero attached hydrogens (tertiary/aromatic N) is 1. The average molecular weight is 408 g/mol. The highest BCUT2D eigenvalue weighted by molar-refractivity contribution is 6.06. The number of benzene rings is 2. The molecule has 1 heterocycles. The Bertz CT molecular complexity index is 1200. The molecule has 0 atom stereocenters. The first-order valence-corrected chi connectivity index (χ1v) is 10.1. The summed E-state index contributed by atoms with van der Waals surface area (Å²) in [4.78, 5) is 25.9. The van der Waals surface area contributed by atoms with Crippen molar-refractivity contribution in [3.63, 3.8) is 0 Å². The zero-order valence-corrected chi connectivity index (χ0v) is 16.5. The van der Waals surface area contributed by atoms with Crippen LogP contribution >= 0.6 is 0 Å². The number of fused-ring (bicyclic) bond motifs is 1. The Balaban J connectivity index is 1.70. The van der Waals surface area contributed by atoms with Gasteiger partial charge in [-0.3, -0.25) is 14.2 Å². The van der Waals surface area contributed by atoms with Crippen molar-refractivity contribution in [1.82, 2.24) is 9.88 Å². The number of hydrogen-bond donors (Lipinski definition) is 1. The van der Waals surface area contributed by atoms with Crippen molar-refractivity contribution in [2.24, 2.45) is 0 Å². The third-order valence-electron chi connectivity index (χ3n) is 5.46. The molecule has 30 heavy (non-hydrogen) atoms. The summed E-state index contributed by atoms with van der Waals surface area (Å²) < 4.78 is 28.7. The fraction of sp³-hybridized carbons (Fsp3) is 0.250. The first kappa shape index (κ1) is 20.0. The third kappa shape index (κ3) is 4.03. The van der Waals surface area contributed by atoms with Crippen molar-refractivity contribution in [2.45, 2.75) is 32.1 Å². The average Bonchev–Trinajstić information content (AvgIpc) is 2.75. The summed E-state index contributed by atoms with van der Waals surface area (Å²) in [5, 5.41) is 3.70. The topological polar surface area (TPSA) is 51.1 Å². The number of nitrogens with one attached hydrogen (secondary N) is 1. The smallest absolute Gasteiger partial charge is 0.263 e. The van der Waals surface area contributed by atoms with E-state index < -0.39 is 17.2 Å². The summed E-state index contributed by atoms with van der Waals surface area (Å²) in [7, 11) is 0. The molecule has 0 aliphatic heterocycles. The van der Waals surface area contributed by atoms with E-state index in [1.165, 1.54) is 30.7 Å². The van der Waals surface area contributed by atoms with E-state index in [4.69, 9.17) is 0 Å². The quantitative estimate of drug-likeness (QED) is 0.611. The van der Waals surface area contributed by atoms with Crippen LogP contribution in [0.4, 0.5) is 8.78 Å². The number of halogens is 2. The van der Waals surface area contributed by atoms with Crippen molar-refractivity contribution in [2.75, 3.05) is 6.54 Å². The normalized spacial score (nSPS) is 13.9. The number of allylic oxidation sites excluding steroid dienone is 1. The highest BCUT2D eigenvalue weighted by Crippen LogP contribution is 2.21. The summed E-state index contributed by atoms with van der Waals surface area (Å²) in [5.41, 5.74) is 1.05. The Morgan fingerprint density at radius 3 is 2.60 bits per heavy atom. The van der Waals surface area contributed by atoms with Crippen LogP contribution in [-0.2, 0) is 0 Å². The highest BCUT2D eigenvalue weighted by atomic mass is 19.1. The molecule has 1 N–H and O–H groups in total. The largest absolute Gasteiger partial charge is 0.352 e. The van der Waals surface area contributed by atoms with E-state index in [9.17, 15) is 18.4 Å². The number of amides is 1. The van der Waals surface area contributed by atoms with E-state index >= 15 is 0 Å². The molecule has 0 spiro atoms. The van der Waals surface area contributed by atoms with Gasteiger partial charge >= 0.3 is 0 Å². The molecule has 154 valence electrons. The number of aromatic nitrogens is 1. The first-order valence-electron chi connectivity index (χ1n) is 10.1. The molecule has 0 saturated heterocycles. The number of carbonyl (C=O) groups is 1. The number of pyridine rings is 1. The van der Waals surface area contributed by atoms with Gasteiger partial charge in [-0.1, -0.05) is 29.8 Å². The van der Waals surface area contributed by atoms with Crippen molar-refractivity contribution < 1.29 is 13.6 Å². The molecule has 1 aliphatic carbocycles. The van der Waals surface area contributed by atoms with Gasteiger partial charge in [-0.15, -0.1) is 0 Å². The van der Waals surface area contributed by atoms with Crippen LogP contribution in [0.5, 0.6) is 0 Å². The predicted octanol–water partition coefficient (Wildman–Crippen LogP) is 4.89. The molecule has 4 nitrogen and oxygen atoms in total. The first-order chi connectivity index (χ1) is 14.5. The lowest BCUT2D eigenvalue weighted by molar-refractivity contribution is 0.0955. The summed E-state index contributed by atoms with van der Waals surface area (Å²) in [6, 6.07) is 9.71. The zero-order valence-electron chi connectivity index (χ0n) is 16.5. The predicted molar refractivity (Wildman–Crippen MR) is 113 cm³/mol. The maximum Gasteiger partial charge on any atom is 0.263 e. The standard InChI is InChI=1S/C24H22F2N2O2/c25-17-10-11-22(21(26)14-17)28-15-20(18-8-4-5-9-19(18)24(28)30)23(29)27-13-12-16-6-2-1-3-7-16/h4-6,8-11,14-15H,1-3,7,12-13H2,(H,27,29). The van der Waals surface area contributed by atoms with Gasteiger partial charge in [0.15, 0.2) is 0 Å². The molecule has 3 aromatic rings. The van der Waals surface area contributed by atoms with Crippen molar-refractivity contribution >= 4 is 16.7 Å². The van der Waals surface area contributed by atoms with Crippen LogP contribution < -0.4 is 10.9 Å². The third-order valence-corrected chi connectivity index (χ3v) is 5.46. The second-order valence-electron chi connectivity index (χ2n) is 7.47. The van der Waals surface area contributed by atoms with Gasteiger partial charge < -0.3 is 5.32 Å². The van der Waals surface area contributed by atoms with E-state index in [2.05, 4.69) is 11.4 Å². The Kier molecular flexibility index (Phi) is 5.74. The molecule has 6 heteroatoms. The number of rotatable bonds is 5. The van der Waals surface area contributed by atoms with Crippen molar-refractivity contribution in [3.8, 4) is 5.69 Å². The SMILES string of the molecule is O=C(NCCC1=CCCCC1)c1cn(-c2ccc(F)cc2F)c(=O)c2ccccc12. The molecule has 0 saturated carbocycles. The molecule has 0 radical (unpaired) electrons. The summed E-state index contributed by atoms with van der Waals surface area (Å²) >= 11 is 0. The van der Waals surface area contributed by atoms with Crippen LogP contribution in [0.25, 0.3) is 16.5 Å². The molecule has 2 aromatic carbocycles. The zero-order chi connectivity index (χ0) is 21.1. The molecule has 1 aromatic heterocycles. The summed E-state index contributed by atoms with van der Waals surface area (Å²) in [6.07, 6.45) is 8.90. The van der Waals surface area contributed by atoms with Crippen molar-refractivity contribution in [3.05, 3.63) is 87.9 Å². The summed E-state index contributed by atoms with van der Waals surface area (Å²) in [6.45, 7) is 0.489. The Labute approximate surface area is 172 Å². The highest BCUT2D eigenvalue weighted by Gasteiger charge is 2.17. The van der Waals surface area contributed by atoms with Crippen molar-refractivity contribution in [1.29, 1.82) is 0 Å². The minimum Gasteiger partial charge on any atom is -0.352 e. The van der Waals surface area contributed by atoms with E-state index in [-0.39, 0.29) is 17.2 Å². The number of hydrogen-bond acceptors (Lipinski definition) is 2. The Hall–Kier alpha value is -3.28. The van der Waals surface area contributed by atoms with E-state index in [1.807, 2.05) is 0 Å². The van der Waals surface area contributed by atoms with Gasteiger partial charge in [0, 0.05) is 29.6 Å². The molecule has 1 aliphatic rings. The van der Waals surface area contributed by atoms with Gasteiger partial charge in [0.25, 0.3) is 11.5 Å². The van der Waals surface area contributed by atoms with E-state index in [1.54, 1.807) is 24.3 Å². The second kappa shape index (κ2) is 8.61. The lowest BCUT2D eigenvalue weighted by Gasteiger charge is -2.15. The monoisotopic (exact) mass is 408 g/mol. The van der Waals surface area contributed by atoms with Crippen LogP contribution in [0, 0.1) is 11.6 Å². The molecular weight excluding hydrogens is 386 g/mol. The van der Waals surface area contributed by atoms with Gasteiger partial charge in [-0.25, -0.2) is 8.78 Å². The maximum atomic E-state index is 14.4. The van der Waals surface area contributed by atoms with Crippen LogP contribution in [0.1, 0.15) is 42.5 Å². The van der Waals surface area contributed by atoms with Gasteiger partial charge in [0.2, 0.25) is 0 Å². The van der Waals surface area contributed by atoms with Crippen LogP contribution in [-0.4, -0.2) is 17.0 Å². The minimum absolute atomic E-state index is 0.103. The molecule has 0 fully saturated rings. The summed E-state index contributed by atoms with van der Waals surface area (Å²) in [5.74, 6) is -1.94. The lowest BCUT2D eigenvalue weighted by atomic mass is 9.97. The van der Waals surface area contributed by atoms with Crippen LogP contribution in [0.2, 0.25) is 0 Å². The van der Waals surface area contributed by atoms with E-state index in [0.29, 0.717) is 23.4 Å². The van der Waals surface area contributed by atoms with Gasteiger partial charge in [-0.05, 0) is 50.3 Å². The minimum atomic E-state index is -0.872. The fourth-order valence-corrected chi connectivity index (χ4v) is 3.89. The van der Waals surface area contributed by atoms with Gasteiger partial charge in [-0.2, -0.15) is 0 Å². The van der Waals surface area contributed by atoms with E-state index in [0.717, 1.165) is 29.9 Å². The molecule has 4 rings (SSSR count). The van der Waals surface area contributed by atoms with Crippen LogP contribution in [0.15, 0.2) is 65.1 Å². The van der Waals surface area contributed by atoms with Crippen LogP contribution in [0.3, 0.4) is 0 Å².